The highest BCUT2D eigenvalue weighted by atomic mass is 16.1. The highest BCUT2D eigenvalue weighted by Crippen LogP contribution is 2.13. The fraction of sp³-hybridized carbons (Fsp3) is 0. The van der Waals surface area contributed by atoms with Crippen LogP contribution in [0.1, 0.15) is 16.1 Å². The first-order chi connectivity index (χ1) is 9.83. The molecule has 20 heavy (non-hydrogen) atoms. The van der Waals surface area contributed by atoms with E-state index in [2.05, 4.69) is 4.98 Å². The Balaban J connectivity index is 1.85. The van der Waals surface area contributed by atoms with Gasteiger partial charge in [0.25, 0.3) is 0 Å². The van der Waals surface area contributed by atoms with E-state index in [1.54, 1.807) is 24.3 Å². The lowest BCUT2D eigenvalue weighted by Crippen LogP contribution is -1.93. The van der Waals surface area contributed by atoms with Crippen LogP contribution in [-0.2, 0) is 0 Å². The average Bonchev–Trinajstić information content (AvgIpc) is 2.53. The van der Waals surface area contributed by atoms with Crippen molar-refractivity contribution in [2.24, 2.45) is 0 Å². The average molecular weight is 259 g/mol. The molecule has 1 heterocycles. The SMILES string of the molecule is O=C(C=Cc1ccc2ccccc2n1)c1ccccc1. The first-order valence-electron chi connectivity index (χ1n) is 6.46. The highest BCUT2D eigenvalue weighted by molar-refractivity contribution is 6.06. The second-order valence-electron chi connectivity index (χ2n) is 4.49. The molecule has 0 aliphatic rings. The number of ketones is 1. The van der Waals surface area contributed by atoms with E-state index in [-0.39, 0.29) is 5.78 Å². The third-order valence-electron chi connectivity index (χ3n) is 3.08. The van der Waals surface area contributed by atoms with Gasteiger partial charge in [-0.05, 0) is 24.3 Å². The summed E-state index contributed by atoms with van der Waals surface area (Å²) in [6.45, 7) is 0. The Bertz CT molecular complexity index is 776. The number of rotatable bonds is 3. The van der Waals surface area contributed by atoms with Gasteiger partial charge in [0.15, 0.2) is 5.78 Å². The molecule has 0 radical (unpaired) electrons. The molecule has 0 N–H and O–H groups in total. The molecule has 0 aliphatic heterocycles. The van der Waals surface area contributed by atoms with E-state index in [1.807, 2.05) is 54.6 Å². The van der Waals surface area contributed by atoms with E-state index in [0.29, 0.717) is 5.56 Å². The van der Waals surface area contributed by atoms with Crippen LogP contribution in [0.25, 0.3) is 17.0 Å². The van der Waals surface area contributed by atoms with Gasteiger partial charge in [-0.2, -0.15) is 0 Å². The quantitative estimate of drug-likeness (QED) is 0.523. The molecule has 96 valence electrons. The van der Waals surface area contributed by atoms with Crippen molar-refractivity contribution in [3.05, 3.63) is 84.1 Å². The Kier molecular flexibility index (Phi) is 3.38. The molecule has 0 unspecified atom stereocenters. The number of pyridine rings is 1. The minimum absolute atomic E-state index is 0.0134. The smallest absolute Gasteiger partial charge is 0.185 e. The summed E-state index contributed by atoms with van der Waals surface area (Å²) in [5.41, 5.74) is 2.40. The monoisotopic (exact) mass is 259 g/mol. The molecule has 3 aromatic rings. The molecule has 2 aromatic carbocycles. The predicted octanol–water partition coefficient (Wildman–Crippen LogP) is 4.13. The number of carbonyl (C=O) groups is 1. The third kappa shape index (κ3) is 2.64. The Morgan fingerprint density at radius 3 is 2.45 bits per heavy atom. The fourth-order valence-corrected chi connectivity index (χ4v) is 2.03. The lowest BCUT2D eigenvalue weighted by Gasteiger charge is -1.98. The zero-order valence-corrected chi connectivity index (χ0v) is 10.9. The van der Waals surface area contributed by atoms with Crippen LogP contribution in [0, 0.1) is 0 Å². The van der Waals surface area contributed by atoms with Crippen LogP contribution in [-0.4, -0.2) is 10.8 Å². The van der Waals surface area contributed by atoms with Crippen molar-refractivity contribution in [1.29, 1.82) is 0 Å². The summed E-state index contributed by atoms with van der Waals surface area (Å²) < 4.78 is 0. The van der Waals surface area contributed by atoms with Crippen molar-refractivity contribution in [3.63, 3.8) is 0 Å². The Morgan fingerprint density at radius 1 is 0.850 bits per heavy atom. The minimum atomic E-state index is -0.0134. The summed E-state index contributed by atoms with van der Waals surface area (Å²) in [7, 11) is 0. The van der Waals surface area contributed by atoms with Crippen LogP contribution >= 0.6 is 0 Å². The van der Waals surface area contributed by atoms with Gasteiger partial charge >= 0.3 is 0 Å². The maximum atomic E-state index is 12.0. The van der Waals surface area contributed by atoms with E-state index in [0.717, 1.165) is 16.6 Å². The maximum Gasteiger partial charge on any atom is 0.185 e. The first kappa shape index (κ1) is 12.3. The summed E-state index contributed by atoms with van der Waals surface area (Å²) in [5.74, 6) is -0.0134. The van der Waals surface area contributed by atoms with E-state index in [1.165, 1.54) is 0 Å². The van der Waals surface area contributed by atoms with Crippen LogP contribution in [0.3, 0.4) is 0 Å². The topological polar surface area (TPSA) is 30.0 Å². The van der Waals surface area contributed by atoms with Gasteiger partial charge in [-0.25, -0.2) is 4.98 Å². The Morgan fingerprint density at radius 2 is 1.60 bits per heavy atom. The molecule has 0 amide bonds. The van der Waals surface area contributed by atoms with E-state index >= 15 is 0 Å². The second-order valence-corrected chi connectivity index (χ2v) is 4.49. The molecule has 3 rings (SSSR count). The molecule has 2 nitrogen and oxygen atoms in total. The zero-order valence-electron chi connectivity index (χ0n) is 10.9. The number of carbonyl (C=O) groups excluding carboxylic acids is 1. The van der Waals surface area contributed by atoms with Crippen LogP contribution < -0.4 is 0 Å². The number of aromatic nitrogens is 1. The molecule has 1 aromatic heterocycles. The van der Waals surface area contributed by atoms with Gasteiger partial charge in [0.1, 0.15) is 0 Å². The van der Waals surface area contributed by atoms with Crippen molar-refractivity contribution in [1.82, 2.24) is 4.98 Å². The summed E-state index contributed by atoms with van der Waals surface area (Å²) in [5, 5.41) is 1.10. The fourth-order valence-electron chi connectivity index (χ4n) is 2.03. The van der Waals surface area contributed by atoms with Crippen molar-refractivity contribution in [3.8, 4) is 0 Å². The first-order valence-corrected chi connectivity index (χ1v) is 6.46. The molecular weight excluding hydrogens is 246 g/mol. The number of nitrogens with zero attached hydrogens (tertiary/aromatic N) is 1. The summed E-state index contributed by atoms with van der Waals surface area (Å²) in [6, 6.07) is 21.1. The number of hydrogen-bond acceptors (Lipinski definition) is 2. The number of para-hydroxylation sites is 1. The van der Waals surface area contributed by atoms with E-state index < -0.39 is 0 Å². The summed E-state index contributed by atoms with van der Waals surface area (Å²) in [4.78, 5) is 16.5. The normalized spacial score (nSPS) is 11.0. The summed E-state index contributed by atoms with van der Waals surface area (Å²) >= 11 is 0. The molecule has 0 bridgehead atoms. The molecule has 0 saturated carbocycles. The molecule has 0 aliphatic carbocycles. The van der Waals surface area contributed by atoms with Crippen LogP contribution in [0.15, 0.2) is 72.8 Å². The van der Waals surface area contributed by atoms with E-state index in [4.69, 9.17) is 0 Å². The molecule has 0 saturated heterocycles. The predicted molar refractivity (Wildman–Crippen MR) is 81.5 cm³/mol. The number of allylic oxidation sites excluding steroid dienone is 1. The third-order valence-corrected chi connectivity index (χ3v) is 3.08. The van der Waals surface area contributed by atoms with E-state index in [9.17, 15) is 4.79 Å². The lowest BCUT2D eigenvalue weighted by atomic mass is 10.1. The Labute approximate surface area is 117 Å². The van der Waals surface area contributed by atoms with Gasteiger partial charge < -0.3 is 0 Å². The molecular formula is C18H13NO. The van der Waals surface area contributed by atoms with Crippen LogP contribution in [0.5, 0.6) is 0 Å². The van der Waals surface area contributed by atoms with Gasteiger partial charge in [0, 0.05) is 10.9 Å². The van der Waals surface area contributed by atoms with Crippen molar-refractivity contribution < 1.29 is 4.79 Å². The largest absolute Gasteiger partial charge is 0.289 e. The van der Waals surface area contributed by atoms with Crippen molar-refractivity contribution in [2.45, 2.75) is 0 Å². The van der Waals surface area contributed by atoms with Gasteiger partial charge in [-0.15, -0.1) is 0 Å². The number of fused-ring (bicyclic) bond motifs is 1. The number of hydrogen-bond donors (Lipinski definition) is 0. The van der Waals surface area contributed by atoms with Crippen LogP contribution in [0.2, 0.25) is 0 Å². The molecule has 0 fully saturated rings. The van der Waals surface area contributed by atoms with Crippen molar-refractivity contribution in [2.75, 3.05) is 0 Å². The standard InChI is InChI=1S/C18H13NO/c20-18(15-7-2-1-3-8-15)13-12-16-11-10-14-6-4-5-9-17(14)19-16/h1-13H. The molecule has 0 atom stereocenters. The molecule has 0 spiro atoms. The zero-order chi connectivity index (χ0) is 13.8. The van der Waals surface area contributed by atoms with Gasteiger partial charge in [0.2, 0.25) is 0 Å². The highest BCUT2D eigenvalue weighted by Gasteiger charge is 2.00. The van der Waals surface area contributed by atoms with Crippen molar-refractivity contribution >= 4 is 22.8 Å². The van der Waals surface area contributed by atoms with Crippen LogP contribution in [0.4, 0.5) is 0 Å². The molecule has 2 heteroatoms. The summed E-state index contributed by atoms with van der Waals surface area (Å²) in [6.07, 6.45) is 3.31. The Hall–Kier alpha value is -2.74. The lowest BCUT2D eigenvalue weighted by molar-refractivity contribution is 0.104. The van der Waals surface area contributed by atoms with Gasteiger partial charge in [-0.1, -0.05) is 54.6 Å². The second kappa shape index (κ2) is 5.49. The minimum Gasteiger partial charge on any atom is -0.289 e. The maximum absolute atomic E-state index is 12.0. The van der Waals surface area contributed by atoms with Gasteiger partial charge in [0.05, 0.1) is 11.2 Å². The van der Waals surface area contributed by atoms with Gasteiger partial charge in [-0.3, -0.25) is 4.79 Å². The number of benzene rings is 2.